The first-order valence-electron chi connectivity index (χ1n) is 4.30. The highest BCUT2D eigenvalue weighted by atomic mass is 79.9. The molecule has 1 N–H and O–H groups in total. The molecule has 1 aromatic carbocycles. The minimum absolute atomic E-state index is 0.0447. The molecule has 6 nitrogen and oxygen atoms in total. The fourth-order valence-electron chi connectivity index (χ4n) is 1.41. The molecule has 7 heteroatoms. The molecule has 16 heavy (non-hydrogen) atoms. The molecule has 0 radical (unpaired) electrons. The molecular formula is C9H6BrN3O3. The van der Waals surface area contributed by atoms with Crippen molar-refractivity contribution >= 4 is 32.5 Å². The topological polar surface area (TPSA) is 89.2 Å². The van der Waals surface area contributed by atoms with Crippen LogP contribution in [0.4, 0.5) is 5.69 Å². The lowest BCUT2D eigenvalue weighted by molar-refractivity contribution is -0.384. The molecule has 0 spiro atoms. The van der Waals surface area contributed by atoms with Crippen molar-refractivity contribution in [2.24, 2.45) is 0 Å². The van der Waals surface area contributed by atoms with Gasteiger partial charge < -0.3 is 5.11 Å². The summed E-state index contributed by atoms with van der Waals surface area (Å²) in [6.07, 6.45) is 0. The number of benzene rings is 1. The second kappa shape index (κ2) is 3.67. The van der Waals surface area contributed by atoms with Crippen LogP contribution < -0.4 is 0 Å². The number of aromatic nitrogens is 2. The molecule has 0 fully saturated rings. The molecule has 1 heterocycles. The van der Waals surface area contributed by atoms with Crippen LogP contribution in [0.25, 0.3) is 10.9 Å². The fourth-order valence-corrected chi connectivity index (χ4v) is 1.95. The van der Waals surface area contributed by atoms with Crippen molar-refractivity contribution in [3.63, 3.8) is 0 Å². The first-order chi connectivity index (χ1) is 7.49. The molecule has 0 amide bonds. The molecule has 0 saturated carbocycles. The van der Waals surface area contributed by atoms with Gasteiger partial charge in [0.2, 0.25) is 0 Å². The van der Waals surface area contributed by atoms with Crippen LogP contribution in [0.15, 0.2) is 16.6 Å². The van der Waals surface area contributed by atoms with E-state index in [4.69, 9.17) is 0 Å². The van der Waals surface area contributed by atoms with Crippen molar-refractivity contribution in [1.82, 2.24) is 9.97 Å². The summed E-state index contributed by atoms with van der Waals surface area (Å²) in [5.41, 5.74) is 0.902. The Morgan fingerprint density at radius 3 is 2.75 bits per heavy atom. The van der Waals surface area contributed by atoms with E-state index in [0.717, 1.165) is 0 Å². The van der Waals surface area contributed by atoms with Gasteiger partial charge in [0.25, 0.3) is 5.69 Å². The van der Waals surface area contributed by atoms with E-state index in [2.05, 4.69) is 25.9 Å². The summed E-state index contributed by atoms with van der Waals surface area (Å²) in [5.74, 6) is 0. The number of aryl methyl sites for hydroxylation is 1. The van der Waals surface area contributed by atoms with Crippen LogP contribution in [0.3, 0.4) is 0 Å². The van der Waals surface area contributed by atoms with Gasteiger partial charge >= 0.3 is 6.01 Å². The molecule has 0 aliphatic carbocycles. The van der Waals surface area contributed by atoms with Crippen molar-refractivity contribution in [1.29, 1.82) is 0 Å². The standard InChI is InChI=1S/C9H6BrN3O3/c1-4-6-2-5(13(15)16)3-7(10)8(6)12-9(14)11-4/h2-3H,1H3,(H,11,12,14). The molecule has 0 saturated heterocycles. The Morgan fingerprint density at radius 2 is 2.12 bits per heavy atom. The number of rotatable bonds is 1. The number of fused-ring (bicyclic) bond motifs is 1. The number of hydrogen-bond acceptors (Lipinski definition) is 5. The van der Waals surface area contributed by atoms with E-state index >= 15 is 0 Å². The summed E-state index contributed by atoms with van der Waals surface area (Å²) in [7, 11) is 0. The zero-order chi connectivity index (χ0) is 11.9. The van der Waals surface area contributed by atoms with Gasteiger partial charge in [0.15, 0.2) is 0 Å². The summed E-state index contributed by atoms with van der Waals surface area (Å²) in [5, 5.41) is 20.4. The van der Waals surface area contributed by atoms with E-state index in [1.807, 2.05) is 0 Å². The monoisotopic (exact) mass is 283 g/mol. The van der Waals surface area contributed by atoms with Gasteiger partial charge in [0.05, 0.1) is 20.6 Å². The van der Waals surface area contributed by atoms with Crippen molar-refractivity contribution in [3.8, 4) is 6.01 Å². The van der Waals surface area contributed by atoms with Gasteiger partial charge in [-0.1, -0.05) is 0 Å². The van der Waals surface area contributed by atoms with Gasteiger partial charge in [0.1, 0.15) is 0 Å². The zero-order valence-corrected chi connectivity index (χ0v) is 9.72. The Balaban J connectivity index is 2.87. The summed E-state index contributed by atoms with van der Waals surface area (Å²) in [6.45, 7) is 1.65. The maximum absolute atomic E-state index is 10.7. The van der Waals surface area contributed by atoms with E-state index < -0.39 is 4.92 Å². The molecular weight excluding hydrogens is 278 g/mol. The van der Waals surface area contributed by atoms with Crippen molar-refractivity contribution in [2.45, 2.75) is 6.92 Å². The minimum atomic E-state index is -0.490. The van der Waals surface area contributed by atoms with Crippen LogP contribution in [0, 0.1) is 17.0 Å². The minimum Gasteiger partial charge on any atom is -0.479 e. The molecule has 82 valence electrons. The van der Waals surface area contributed by atoms with Gasteiger partial charge in [-0.2, -0.15) is 4.98 Å². The van der Waals surface area contributed by atoms with Crippen molar-refractivity contribution in [3.05, 3.63) is 32.4 Å². The zero-order valence-electron chi connectivity index (χ0n) is 8.14. The van der Waals surface area contributed by atoms with Crippen LogP contribution >= 0.6 is 15.9 Å². The van der Waals surface area contributed by atoms with Crippen LogP contribution in [-0.2, 0) is 0 Å². The Morgan fingerprint density at radius 1 is 1.44 bits per heavy atom. The van der Waals surface area contributed by atoms with E-state index in [9.17, 15) is 15.2 Å². The van der Waals surface area contributed by atoms with Crippen LogP contribution in [-0.4, -0.2) is 20.0 Å². The third kappa shape index (κ3) is 1.69. The number of aromatic hydroxyl groups is 1. The highest BCUT2D eigenvalue weighted by molar-refractivity contribution is 9.10. The van der Waals surface area contributed by atoms with Gasteiger partial charge in [-0.25, -0.2) is 4.98 Å². The van der Waals surface area contributed by atoms with E-state index in [1.54, 1.807) is 6.92 Å². The number of hydrogen-bond donors (Lipinski definition) is 1. The first kappa shape index (κ1) is 10.7. The summed E-state index contributed by atoms with van der Waals surface area (Å²) in [4.78, 5) is 17.7. The maximum atomic E-state index is 10.7. The number of halogens is 1. The number of nitrogens with zero attached hydrogens (tertiary/aromatic N) is 3. The SMILES string of the molecule is Cc1nc(O)nc2c(Br)cc([N+](=O)[O-])cc12. The number of non-ortho nitro benzene ring substituents is 1. The largest absolute Gasteiger partial charge is 0.479 e. The number of nitro benzene ring substituents is 1. The van der Waals surface area contributed by atoms with Gasteiger partial charge in [-0.15, -0.1) is 0 Å². The molecule has 1 aromatic heterocycles. The van der Waals surface area contributed by atoms with Gasteiger partial charge in [-0.05, 0) is 22.9 Å². The average molecular weight is 284 g/mol. The molecule has 0 unspecified atom stereocenters. The van der Waals surface area contributed by atoms with Gasteiger partial charge in [-0.3, -0.25) is 10.1 Å². The molecule has 0 atom stereocenters. The third-order valence-electron chi connectivity index (χ3n) is 2.13. The second-order valence-corrected chi connectivity index (χ2v) is 4.04. The lowest BCUT2D eigenvalue weighted by Crippen LogP contribution is -1.93. The Kier molecular flexibility index (Phi) is 2.47. The molecule has 0 aliphatic heterocycles. The highest BCUT2D eigenvalue weighted by Crippen LogP contribution is 2.30. The smallest absolute Gasteiger partial charge is 0.314 e. The summed E-state index contributed by atoms with van der Waals surface area (Å²) < 4.78 is 0.456. The molecule has 0 aliphatic rings. The van der Waals surface area contributed by atoms with Crippen molar-refractivity contribution < 1.29 is 10.0 Å². The second-order valence-electron chi connectivity index (χ2n) is 3.19. The van der Waals surface area contributed by atoms with Crippen LogP contribution in [0.1, 0.15) is 5.69 Å². The predicted octanol–water partition coefficient (Wildman–Crippen LogP) is 2.31. The molecule has 2 rings (SSSR count). The Hall–Kier alpha value is -1.76. The molecule has 2 aromatic rings. The maximum Gasteiger partial charge on any atom is 0.314 e. The summed E-state index contributed by atoms with van der Waals surface area (Å²) >= 11 is 3.18. The van der Waals surface area contributed by atoms with E-state index in [-0.39, 0.29) is 11.7 Å². The lowest BCUT2D eigenvalue weighted by atomic mass is 10.2. The quantitative estimate of drug-likeness (QED) is 0.641. The first-order valence-corrected chi connectivity index (χ1v) is 5.09. The van der Waals surface area contributed by atoms with Crippen LogP contribution in [0.5, 0.6) is 6.01 Å². The van der Waals surface area contributed by atoms with E-state index in [0.29, 0.717) is 21.1 Å². The third-order valence-corrected chi connectivity index (χ3v) is 2.73. The average Bonchev–Trinajstić information content (AvgIpc) is 2.19. The fraction of sp³-hybridized carbons (Fsp3) is 0.111. The normalized spacial score (nSPS) is 10.6. The summed E-state index contributed by atoms with van der Waals surface area (Å²) in [6, 6.07) is 2.38. The Labute approximate surface area is 98.2 Å². The Bertz CT molecular complexity index is 600. The highest BCUT2D eigenvalue weighted by Gasteiger charge is 2.14. The number of nitro groups is 1. The lowest BCUT2D eigenvalue weighted by Gasteiger charge is -2.03. The van der Waals surface area contributed by atoms with Crippen molar-refractivity contribution in [2.75, 3.05) is 0 Å². The van der Waals surface area contributed by atoms with Gasteiger partial charge in [0, 0.05) is 17.5 Å². The molecule has 0 bridgehead atoms. The van der Waals surface area contributed by atoms with Crippen LogP contribution in [0.2, 0.25) is 0 Å². The predicted molar refractivity (Wildman–Crippen MR) is 60.3 cm³/mol. The van der Waals surface area contributed by atoms with E-state index in [1.165, 1.54) is 12.1 Å².